The Morgan fingerprint density at radius 2 is 1.97 bits per heavy atom. The number of thiol groups is 1. The topological polar surface area (TPSA) is 105 Å². The van der Waals surface area contributed by atoms with Crippen molar-refractivity contribution in [1.82, 2.24) is 10.6 Å². The van der Waals surface area contributed by atoms with Crippen LogP contribution in [0.3, 0.4) is 0 Å². The number of hydrogen-bond acceptors (Lipinski definition) is 6. The van der Waals surface area contributed by atoms with Gasteiger partial charge in [0.15, 0.2) is 15.6 Å². The summed E-state index contributed by atoms with van der Waals surface area (Å²) in [5.41, 5.74) is 1.88. The Bertz CT molecular complexity index is 1090. The number of nitrogens with one attached hydrogen (secondary N) is 2. The van der Waals surface area contributed by atoms with Crippen LogP contribution in [0.25, 0.3) is 0 Å². The fraction of sp³-hybridized carbons (Fsp3) is 0.520. The molecule has 1 unspecified atom stereocenters. The van der Waals surface area contributed by atoms with Gasteiger partial charge in [0.1, 0.15) is 5.75 Å². The Labute approximate surface area is 205 Å². The SMILES string of the molecule is CCCC[C@]1(CC)CS(=O)(=O)c2cc(CNCC[SH+](=O)O)c(OC)cc2[C@@H](c2ccccc2)N1. The monoisotopic (exact) mass is 509 g/mol. The second-order valence-electron chi connectivity index (χ2n) is 8.94. The number of ether oxygens (including phenoxy) is 1. The lowest BCUT2D eigenvalue weighted by atomic mass is 9.88. The lowest BCUT2D eigenvalue weighted by Gasteiger charge is -2.36. The van der Waals surface area contributed by atoms with Crippen LogP contribution in [0.15, 0.2) is 47.4 Å². The number of rotatable bonds is 11. The molecule has 7 nitrogen and oxygen atoms in total. The molecular formula is C25H37N2O5S2+. The Morgan fingerprint density at radius 1 is 1.24 bits per heavy atom. The summed E-state index contributed by atoms with van der Waals surface area (Å²) in [7, 11) is -2.02. The average molecular weight is 510 g/mol. The van der Waals surface area contributed by atoms with E-state index in [-0.39, 0.29) is 17.5 Å². The molecule has 0 saturated heterocycles. The number of unbranched alkanes of at least 4 members (excludes halogenated alkanes) is 1. The van der Waals surface area contributed by atoms with Crippen LogP contribution in [0, 0.1) is 0 Å². The molecule has 2 aromatic carbocycles. The van der Waals surface area contributed by atoms with E-state index in [1.807, 2.05) is 36.4 Å². The molecular weight excluding hydrogens is 472 g/mol. The van der Waals surface area contributed by atoms with Crippen LogP contribution >= 0.6 is 0 Å². The van der Waals surface area contributed by atoms with Crippen LogP contribution in [0.1, 0.15) is 62.3 Å². The smallest absolute Gasteiger partial charge is 0.203 e. The summed E-state index contributed by atoms with van der Waals surface area (Å²) in [4.78, 5) is 0.325. The molecule has 1 aliphatic heterocycles. The maximum atomic E-state index is 13.8. The number of hydrogen-bond donors (Lipinski definition) is 3. The van der Waals surface area contributed by atoms with Crippen molar-refractivity contribution in [3.63, 3.8) is 0 Å². The molecule has 0 aliphatic carbocycles. The fourth-order valence-corrected chi connectivity index (χ4v) is 7.18. The fourth-order valence-electron chi connectivity index (χ4n) is 4.65. The Balaban J connectivity index is 2.13. The number of sulfone groups is 1. The van der Waals surface area contributed by atoms with Gasteiger partial charge in [0, 0.05) is 24.2 Å². The van der Waals surface area contributed by atoms with Crippen LogP contribution in [-0.2, 0) is 31.7 Å². The van der Waals surface area contributed by atoms with E-state index in [9.17, 15) is 12.6 Å². The highest BCUT2D eigenvalue weighted by molar-refractivity contribution is 7.91. The van der Waals surface area contributed by atoms with Gasteiger partial charge in [0.25, 0.3) is 0 Å². The molecule has 0 aromatic heterocycles. The highest BCUT2D eigenvalue weighted by Gasteiger charge is 2.42. The summed E-state index contributed by atoms with van der Waals surface area (Å²) < 4.78 is 53.3. The third-order valence-corrected chi connectivity index (χ3v) is 9.15. The molecule has 0 bridgehead atoms. The van der Waals surface area contributed by atoms with Crippen LogP contribution in [0.4, 0.5) is 0 Å². The summed E-state index contributed by atoms with van der Waals surface area (Å²) in [6.07, 6.45) is 3.42. The predicted molar refractivity (Wildman–Crippen MR) is 138 cm³/mol. The Morgan fingerprint density at radius 3 is 2.59 bits per heavy atom. The highest BCUT2D eigenvalue weighted by Crippen LogP contribution is 2.40. The van der Waals surface area contributed by atoms with E-state index in [0.29, 0.717) is 41.3 Å². The standard InChI is InChI=1S/C25H36N2O5S2/c1-4-6-12-25(5-2)18-34(30,31)23-15-20(17-26-13-14-33(28)29)22(32-3)16-21(23)24(27-25)19-10-8-7-9-11-19/h7-11,15-16,24,26-27H,4-6,12-14,17-18H2,1-3H3,(H,28,29)/p+1/t24-,25-/m1/s1. The van der Waals surface area contributed by atoms with Gasteiger partial charge in [-0.15, -0.1) is 0 Å². The summed E-state index contributed by atoms with van der Waals surface area (Å²) in [6.45, 7) is 4.86. The molecule has 2 aromatic rings. The zero-order chi connectivity index (χ0) is 24.8. The van der Waals surface area contributed by atoms with Crippen molar-refractivity contribution in [3.05, 3.63) is 59.2 Å². The van der Waals surface area contributed by atoms with E-state index in [1.54, 1.807) is 13.2 Å². The normalized spacial score (nSPS) is 22.5. The first-order valence-electron chi connectivity index (χ1n) is 11.9. The van der Waals surface area contributed by atoms with Gasteiger partial charge in [0.2, 0.25) is 11.1 Å². The van der Waals surface area contributed by atoms with Gasteiger partial charge in [-0.3, -0.25) is 5.32 Å². The average Bonchev–Trinajstić information content (AvgIpc) is 2.92. The van der Waals surface area contributed by atoms with Gasteiger partial charge in [-0.2, -0.15) is 4.55 Å². The summed E-state index contributed by atoms with van der Waals surface area (Å²) in [5.74, 6) is 0.768. The van der Waals surface area contributed by atoms with E-state index >= 15 is 0 Å². The van der Waals surface area contributed by atoms with Crippen molar-refractivity contribution in [1.29, 1.82) is 0 Å². The van der Waals surface area contributed by atoms with Crippen molar-refractivity contribution in [3.8, 4) is 5.75 Å². The number of methoxy groups -OCH3 is 1. The molecule has 34 heavy (non-hydrogen) atoms. The zero-order valence-electron chi connectivity index (χ0n) is 20.2. The molecule has 0 radical (unpaired) electrons. The van der Waals surface area contributed by atoms with E-state index < -0.39 is 26.5 Å². The molecule has 9 heteroatoms. The van der Waals surface area contributed by atoms with E-state index in [4.69, 9.17) is 9.29 Å². The first kappa shape index (κ1) is 26.8. The molecule has 3 N–H and O–H groups in total. The minimum atomic E-state index is -3.59. The molecule has 0 fully saturated rings. The molecule has 0 spiro atoms. The van der Waals surface area contributed by atoms with Crippen LogP contribution in [0.5, 0.6) is 5.75 Å². The Hall–Kier alpha value is -1.78. The van der Waals surface area contributed by atoms with Crippen LogP contribution in [-0.4, -0.2) is 43.7 Å². The van der Waals surface area contributed by atoms with Gasteiger partial charge in [-0.05, 0) is 36.1 Å². The molecule has 3 atom stereocenters. The summed E-state index contributed by atoms with van der Waals surface area (Å²) in [5, 5.41) is 6.89. The minimum absolute atomic E-state index is 0.0387. The van der Waals surface area contributed by atoms with Gasteiger partial charge < -0.3 is 10.1 Å². The highest BCUT2D eigenvalue weighted by atomic mass is 32.2. The van der Waals surface area contributed by atoms with Gasteiger partial charge in [0.05, 0.1) is 23.8 Å². The largest absolute Gasteiger partial charge is 0.496 e. The third-order valence-electron chi connectivity index (χ3n) is 6.59. The lowest BCUT2D eigenvalue weighted by molar-refractivity contribution is 0.294. The maximum absolute atomic E-state index is 13.8. The second kappa shape index (κ2) is 11.8. The molecule has 1 heterocycles. The maximum Gasteiger partial charge on any atom is 0.203 e. The first-order valence-corrected chi connectivity index (χ1v) is 14.9. The van der Waals surface area contributed by atoms with Crippen LogP contribution in [0.2, 0.25) is 0 Å². The van der Waals surface area contributed by atoms with Crippen molar-refractivity contribution in [2.24, 2.45) is 0 Å². The second-order valence-corrected chi connectivity index (χ2v) is 12.0. The predicted octanol–water partition coefficient (Wildman–Crippen LogP) is 3.76. The zero-order valence-corrected chi connectivity index (χ0v) is 21.9. The first-order chi connectivity index (χ1) is 16.2. The quantitative estimate of drug-likeness (QED) is 0.241. The van der Waals surface area contributed by atoms with Gasteiger partial charge >= 0.3 is 0 Å². The van der Waals surface area contributed by atoms with E-state index in [2.05, 4.69) is 24.5 Å². The molecule has 3 rings (SSSR count). The van der Waals surface area contributed by atoms with E-state index in [1.165, 1.54) is 0 Å². The Kier molecular flexibility index (Phi) is 9.28. The van der Waals surface area contributed by atoms with Crippen molar-refractivity contribution in [2.45, 2.75) is 62.6 Å². The van der Waals surface area contributed by atoms with Gasteiger partial charge in [-0.25, -0.2) is 8.42 Å². The third kappa shape index (κ3) is 6.26. The van der Waals surface area contributed by atoms with Crippen LogP contribution < -0.4 is 15.4 Å². The number of benzene rings is 2. The van der Waals surface area contributed by atoms with Crippen molar-refractivity contribution >= 4 is 20.9 Å². The molecule has 188 valence electrons. The molecule has 0 amide bonds. The lowest BCUT2D eigenvalue weighted by Crippen LogP contribution is -2.50. The molecule has 0 saturated carbocycles. The van der Waals surface area contributed by atoms with E-state index in [0.717, 1.165) is 24.8 Å². The summed E-state index contributed by atoms with van der Waals surface area (Å²) in [6, 6.07) is 13.2. The van der Waals surface area contributed by atoms with Crippen molar-refractivity contribution in [2.75, 3.05) is 25.2 Å². The number of fused-ring (bicyclic) bond motifs is 1. The van der Waals surface area contributed by atoms with Gasteiger partial charge in [-0.1, -0.05) is 61.2 Å². The minimum Gasteiger partial charge on any atom is -0.496 e. The van der Waals surface area contributed by atoms with Crippen molar-refractivity contribution < 1.29 is 21.9 Å². The summed E-state index contributed by atoms with van der Waals surface area (Å²) >= 11 is -2.22. The molecule has 1 aliphatic rings.